The van der Waals surface area contributed by atoms with Gasteiger partial charge in [0.15, 0.2) is 0 Å². The van der Waals surface area contributed by atoms with Crippen LogP contribution in [0.4, 0.5) is 0 Å². The van der Waals surface area contributed by atoms with E-state index in [4.69, 9.17) is 16.7 Å². The van der Waals surface area contributed by atoms with E-state index in [1.54, 1.807) is 6.07 Å². The molecule has 3 nitrogen and oxygen atoms in total. The second-order valence-corrected chi connectivity index (χ2v) is 4.31. The first kappa shape index (κ1) is 12.0. The molecule has 0 spiro atoms. The van der Waals surface area contributed by atoms with Gasteiger partial charge < -0.3 is 5.11 Å². The molecule has 0 fully saturated rings. The first-order valence-electron chi connectivity index (χ1n) is 5.36. The van der Waals surface area contributed by atoms with Crippen molar-refractivity contribution >= 4 is 11.6 Å². The van der Waals surface area contributed by atoms with Crippen molar-refractivity contribution < 1.29 is 5.11 Å². The summed E-state index contributed by atoms with van der Waals surface area (Å²) in [7, 11) is 0. The fraction of sp³-hybridized carbons (Fsp3) is 0.231. The summed E-state index contributed by atoms with van der Waals surface area (Å²) in [5.74, 6) is 0.719. The highest BCUT2D eigenvalue weighted by Gasteiger charge is 2.03. The molecule has 0 aliphatic heterocycles. The Hall–Kier alpha value is -1.45. The Balaban J connectivity index is 2.23. The van der Waals surface area contributed by atoms with Crippen LogP contribution in [0.2, 0.25) is 5.02 Å². The molecule has 0 saturated carbocycles. The summed E-state index contributed by atoms with van der Waals surface area (Å²) in [6, 6.07) is 9.38. The monoisotopic (exact) mass is 248 g/mol. The largest absolute Gasteiger partial charge is 0.390 e. The van der Waals surface area contributed by atoms with E-state index < -0.39 is 0 Å². The number of aryl methyl sites for hydroxylation is 1. The van der Waals surface area contributed by atoms with Crippen molar-refractivity contribution in [2.45, 2.75) is 20.0 Å². The average molecular weight is 249 g/mol. The molecule has 88 valence electrons. The van der Waals surface area contributed by atoms with Gasteiger partial charge in [0, 0.05) is 17.1 Å². The maximum atomic E-state index is 9.08. The molecule has 0 bridgehead atoms. The normalized spacial score (nSPS) is 10.5. The van der Waals surface area contributed by atoms with E-state index in [2.05, 4.69) is 9.97 Å². The van der Waals surface area contributed by atoms with Crippen molar-refractivity contribution in [2.24, 2.45) is 0 Å². The third-order valence-corrected chi connectivity index (χ3v) is 2.64. The zero-order chi connectivity index (χ0) is 12.3. The number of aliphatic hydroxyl groups excluding tert-OH is 1. The fourth-order valence-corrected chi connectivity index (χ4v) is 1.77. The SMILES string of the molecule is Cc1cc(CO)nc(Cc2ccc(Cl)cc2)n1. The van der Waals surface area contributed by atoms with Gasteiger partial charge >= 0.3 is 0 Å². The molecular weight excluding hydrogens is 236 g/mol. The van der Waals surface area contributed by atoms with Crippen LogP contribution in [0.3, 0.4) is 0 Å². The van der Waals surface area contributed by atoms with E-state index in [9.17, 15) is 0 Å². The highest BCUT2D eigenvalue weighted by Crippen LogP contribution is 2.12. The van der Waals surface area contributed by atoms with E-state index in [1.165, 1.54) is 0 Å². The lowest BCUT2D eigenvalue weighted by Gasteiger charge is -2.04. The zero-order valence-corrected chi connectivity index (χ0v) is 10.3. The molecular formula is C13H13ClN2O. The quantitative estimate of drug-likeness (QED) is 0.908. The van der Waals surface area contributed by atoms with Gasteiger partial charge in [-0.1, -0.05) is 23.7 Å². The third kappa shape index (κ3) is 3.25. The molecule has 1 N–H and O–H groups in total. The lowest BCUT2D eigenvalue weighted by atomic mass is 10.1. The van der Waals surface area contributed by atoms with Gasteiger partial charge in [-0.05, 0) is 30.7 Å². The number of benzene rings is 1. The second-order valence-electron chi connectivity index (χ2n) is 3.88. The number of halogens is 1. The Morgan fingerprint density at radius 2 is 1.88 bits per heavy atom. The highest BCUT2D eigenvalue weighted by molar-refractivity contribution is 6.30. The lowest BCUT2D eigenvalue weighted by molar-refractivity contribution is 0.276. The van der Waals surface area contributed by atoms with E-state index in [0.717, 1.165) is 22.1 Å². The van der Waals surface area contributed by atoms with Crippen molar-refractivity contribution in [1.82, 2.24) is 9.97 Å². The summed E-state index contributed by atoms with van der Waals surface area (Å²) in [4.78, 5) is 8.62. The topological polar surface area (TPSA) is 46.0 Å². The zero-order valence-electron chi connectivity index (χ0n) is 9.52. The number of hydrogen-bond acceptors (Lipinski definition) is 3. The number of hydrogen-bond donors (Lipinski definition) is 1. The molecule has 2 aromatic rings. The van der Waals surface area contributed by atoms with Crippen LogP contribution in [0.1, 0.15) is 22.8 Å². The van der Waals surface area contributed by atoms with Gasteiger partial charge in [0.2, 0.25) is 0 Å². The molecule has 1 heterocycles. The van der Waals surface area contributed by atoms with Gasteiger partial charge in [0.1, 0.15) is 5.82 Å². The van der Waals surface area contributed by atoms with E-state index >= 15 is 0 Å². The van der Waals surface area contributed by atoms with Gasteiger partial charge in [-0.3, -0.25) is 0 Å². The van der Waals surface area contributed by atoms with Gasteiger partial charge in [0.05, 0.1) is 12.3 Å². The molecule has 0 amide bonds. The maximum absolute atomic E-state index is 9.08. The molecule has 0 radical (unpaired) electrons. The van der Waals surface area contributed by atoms with Crippen LogP contribution in [0.15, 0.2) is 30.3 Å². The Labute approximate surface area is 105 Å². The smallest absolute Gasteiger partial charge is 0.133 e. The predicted octanol–water partition coefficient (Wildman–Crippen LogP) is 2.52. The fourth-order valence-electron chi connectivity index (χ4n) is 1.64. The summed E-state index contributed by atoms with van der Waals surface area (Å²) >= 11 is 5.82. The third-order valence-electron chi connectivity index (χ3n) is 2.39. The Morgan fingerprint density at radius 1 is 1.18 bits per heavy atom. The van der Waals surface area contributed by atoms with Crippen molar-refractivity contribution in [2.75, 3.05) is 0 Å². The Morgan fingerprint density at radius 3 is 2.53 bits per heavy atom. The molecule has 17 heavy (non-hydrogen) atoms. The van der Waals surface area contributed by atoms with Crippen LogP contribution in [-0.2, 0) is 13.0 Å². The van der Waals surface area contributed by atoms with Gasteiger partial charge in [-0.15, -0.1) is 0 Å². The first-order valence-corrected chi connectivity index (χ1v) is 5.74. The lowest BCUT2D eigenvalue weighted by Crippen LogP contribution is -2.02. The van der Waals surface area contributed by atoms with Crippen LogP contribution < -0.4 is 0 Å². The Kier molecular flexibility index (Phi) is 3.71. The van der Waals surface area contributed by atoms with E-state index in [0.29, 0.717) is 12.1 Å². The molecule has 0 aliphatic carbocycles. The summed E-state index contributed by atoms with van der Waals surface area (Å²) in [5.41, 5.74) is 2.62. The predicted molar refractivity (Wildman–Crippen MR) is 66.9 cm³/mol. The molecule has 0 atom stereocenters. The van der Waals surface area contributed by atoms with Gasteiger partial charge in [-0.2, -0.15) is 0 Å². The minimum absolute atomic E-state index is 0.0586. The number of rotatable bonds is 3. The number of nitrogens with zero attached hydrogens (tertiary/aromatic N) is 2. The van der Waals surface area contributed by atoms with Crippen molar-refractivity contribution in [3.63, 3.8) is 0 Å². The molecule has 1 aromatic carbocycles. The maximum Gasteiger partial charge on any atom is 0.133 e. The summed E-state index contributed by atoms with van der Waals surface area (Å²) in [6.07, 6.45) is 0.645. The molecule has 0 aliphatic rings. The minimum atomic E-state index is -0.0586. The van der Waals surface area contributed by atoms with Crippen molar-refractivity contribution in [3.05, 3.63) is 58.1 Å². The second kappa shape index (κ2) is 5.25. The van der Waals surface area contributed by atoms with Gasteiger partial charge in [0.25, 0.3) is 0 Å². The molecule has 2 rings (SSSR count). The summed E-state index contributed by atoms with van der Waals surface area (Å²) < 4.78 is 0. The van der Waals surface area contributed by atoms with Gasteiger partial charge in [-0.25, -0.2) is 9.97 Å². The van der Waals surface area contributed by atoms with Crippen LogP contribution in [0.25, 0.3) is 0 Å². The van der Waals surface area contributed by atoms with Crippen LogP contribution in [0, 0.1) is 6.92 Å². The molecule has 4 heteroatoms. The van der Waals surface area contributed by atoms with Crippen LogP contribution >= 0.6 is 11.6 Å². The Bertz CT molecular complexity index is 511. The standard InChI is InChI=1S/C13H13ClN2O/c1-9-6-12(8-17)16-13(15-9)7-10-2-4-11(14)5-3-10/h2-6,17H,7-8H2,1H3. The molecule has 0 saturated heterocycles. The van der Waals surface area contributed by atoms with E-state index in [-0.39, 0.29) is 6.61 Å². The van der Waals surface area contributed by atoms with Crippen LogP contribution in [-0.4, -0.2) is 15.1 Å². The van der Waals surface area contributed by atoms with Crippen molar-refractivity contribution in [3.8, 4) is 0 Å². The summed E-state index contributed by atoms with van der Waals surface area (Å²) in [6.45, 7) is 1.84. The minimum Gasteiger partial charge on any atom is -0.390 e. The summed E-state index contributed by atoms with van der Waals surface area (Å²) in [5, 5.41) is 9.80. The molecule has 0 unspecified atom stereocenters. The average Bonchev–Trinajstić information content (AvgIpc) is 2.31. The highest BCUT2D eigenvalue weighted by atomic mass is 35.5. The first-order chi connectivity index (χ1) is 8.17. The van der Waals surface area contributed by atoms with E-state index in [1.807, 2.05) is 31.2 Å². The molecule has 1 aromatic heterocycles. The number of aromatic nitrogens is 2. The van der Waals surface area contributed by atoms with Crippen LogP contribution in [0.5, 0.6) is 0 Å². The van der Waals surface area contributed by atoms with Crippen molar-refractivity contribution in [1.29, 1.82) is 0 Å². The number of aliphatic hydroxyl groups is 1.